The molecule has 0 bridgehead atoms. The molecule has 1 amide bonds. The van der Waals surface area contributed by atoms with Crippen molar-refractivity contribution in [2.75, 3.05) is 43.4 Å². The molecule has 1 fully saturated rings. The van der Waals surface area contributed by atoms with Crippen molar-refractivity contribution in [1.82, 2.24) is 9.47 Å². The molecule has 5 nitrogen and oxygen atoms in total. The van der Waals surface area contributed by atoms with E-state index in [-0.39, 0.29) is 23.7 Å². The fourth-order valence-corrected chi connectivity index (χ4v) is 3.14. The minimum absolute atomic E-state index is 0.165. The molecule has 146 valence electrons. The Hall–Kier alpha value is -2.48. The number of aryl methyl sites for hydroxylation is 1. The maximum absolute atomic E-state index is 13.6. The predicted octanol–water partition coefficient (Wildman–Crippen LogP) is 3.29. The van der Waals surface area contributed by atoms with Crippen LogP contribution in [0, 0.1) is 0 Å². The number of hydrogen-bond donors (Lipinski definition) is 1. The molecule has 0 saturated carbocycles. The number of rotatable bonds is 5. The van der Waals surface area contributed by atoms with Crippen LogP contribution >= 0.6 is 0 Å². The molecule has 8 heteroatoms. The van der Waals surface area contributed by atoms with Gasteiger partial charge in [-0.05, 0) is 37.4 Å². The van der Waals surface area contributed by atoms with Crippen LogP contribution in [0.5, 0.6) is 0 Å². The number of piperazine rings is 1. The summed E-state index contributed by atoms with van der Waals surface area (Å²) in [4.78, 5) is 15.9. The highest BCUT2D eigenvalue weighted by atomic mass is 19.4. The first-order valence-corrected chi connectivity index (χ1v) is 8.88. The van der Waals surface area contributed by atoms with Crippen LogP contribution in [-0.2, 0) is 17.5 Å². The molecule has 1 aromatic carbocycles. The quantitative estimate of drug-likeness (QED) is 0.866. The van der Waals surface area contributed by atoms with Gasteiger partial charge in [-0.2, -0.15) is 13.2 Å². The lowest BCUT2D eigenvalue weighted by atomic mass is 10.1. The Labute approximate surface area is 156 Å². The summed E-state index contributed by atoms with van der Waals surface area (Å²) in [5.74, 6) is -0.316. The van der Waals surface area contributed by atoms with E-state index in [2.05, 4.69) is 10.2 Å². The highest BCUT2D eigenvalue weighted by molar-refractivity contribution is 5.91. The van der Waals surface area contributed by atoms with Crippen LogP contribution in [0.3, 0.4) is 0 Å². The Kier molecular flexibility index (Phi) is 5.74. The van der Waals surface area contributed by atoms with Crippen molar-refractivity contribution in [3.05, 3.63) is 48.3 Å². The second-order valence-corrected chi connectivity index (χ2v) is 6.74. The average Bonchev–Trinajstić information content (AvgIpc) is 3.14. The van der Waals surface area contributed by atoms with Crippen LogP contribution in [0.25, 0.3) is 0 Å². The third kappa shape index (κ3) is 5.03. The number of anilines is 2. The number of aromatic nitrogens is 1. The first-order chi connectivity index (χ1) is 12.8. The summed E-state index contributed by atoms with van der Waals surface area (Å²) in [7, 11) is 1.95. The van der Waals surface area contributed by atoms with Crippen molar-refractivity contribution in [3.8, 4) is 0 Å². The zero-order valence-electron chi connectivity index (χ0n) is 15.2. The molecule has 1 aliphatic heterocycles. The summed E-state index contributed by atoms with van der Waals surface area (Å²) >= 11 is 0. The molecule has 2 heterocycles. The summed E-state index contributed by atoms with van der Waals surface area (Å²) in [6.45, 7) is 3.00. The second-order valence-electron chi connectivity index (χ2n) is 6.74. The first-order valence-electron chi connectivity index (χ1n) is 8.88. The maximum atomic E-state index is 13.6. The molecule has 0 radical (unpaired) electrons. The number of carbonyl (C=O) groups excluding carboxylic acids is 1. The highest BCUT2D eigenvalue weighted by Crippen LogP contribution is 2.38. The van der Waals surface area contributed by atoms with Crippen molar-refractivity contribution in [2.24, 2.45) is 0 Å². The lowest BCUT2D eigenvalue weighted by Gasteiger charge is -2.35. The van der Waals surface area contributed by atoms with Gasteiger partial charge >= 0.3 is 6.18 Å². The van der Waals surface area contributed by atoms with Gasteiger partial charge in [-0.15, -0.1) is 0 Å². The SMILES string of the molecule is CN1CCN(c2ccc(NC(=O)CCn3cccc3)cc2C(F)(F)F)CC1. The van der Waals surface area contributed by atoms with Crippen LogP contribution < -0.4 is 10.2 Å². The smallest absolute Gasteiger partial charge is 0.368 e. The molecular formula is C19H23F3N4O. The molecule has 1 saturated heterocycles. The van der Waals surface area contributed by atoms with E-state index in [1.807, 2.05) is 36.1 Å². The minimum atomic E-state index is -4.48. The topological polar surface area (TPSA) is 40.5 Å². The van der Waals surface area contributed by atoms with Crippen molar-refractivity contribution < 1.29 is 18.0 Å². The third-order valence-corrected chi connectivity index (χ3v) is 4.69. The second kappa shape index (κ2) is 8.04. The van der Waals surface area contributed by atoms with Crippen LogP contribution in [0.2, 0.25) is 0 Å². The number of amides is 1. The summed E-state index contributed by atoms with van der Waals surface area (Å²) in [5, 5.41) is 2.58. The number of benzene rings is 1. The maximum Gasteiger partial charge on any atom is 0.418 e. The van der Waals surface area contributed by atoms with Crippen molar-refractivity contribution >= 4 is 17.3 Å². The van der Waals surface area contributed by atoms with E-state index in [1.165, 1.54) is 12.1 Å². The summed E-state index contributed by atoms with van der Waals surface area (Å²) in [6.07, 6.45) is -0.624. The minimum Gasteiger partial charge on any atom is -0.368 e. The van der Waals surface area contributed by atoms with Crippen LogP contribution in [-0.4, -0.2) is 48.6 Å². The van der Waals surface area contributed by atoms with Gasteiger partial charge in [0.1, 0.15) is 0 Å². The molecule has 2 aromatic rings. The number of likely N-dealkylation sites (N-methyl/N-ethyl adjacent to an activating group) is 1. The zero-order chi connectivity index (χ0) is 19.4. The molecule has 1 aromatic heterocycles. The molecule has 1 aliphatic rings. The van der Waals surface area contributed by atoms with E-state index in [1.54, 1.807) is 4.90 Å². The normalized spacial score (nSPS) is 15.8. The molecule has 3 rings (SSSR count). The van der Waals surface area contributed by atoms with Crippen molar-refractivity contribution in [2.45, 2.75) is 19.1 Å². The van der Waals surface area contributed by atoms with E-state index in [9.17, 15) is 18.0 Å². The van der Waals surface area contributed by atoms with Crippen LogP contribution in [0.1, 0.15) is 12.0 Å². The monoisotopic (exact) mass is 380 g/mol. The van der Waals surface area contributed by atoms with E-state index in [4.69, 9.17) is 0 Å². The Balaban J connectivity index is 1.72. The van der Waals surface area contributed by atoms with Gasteiger partial charge in [-0.25, -0.2) is 0 Å². The van der Waals surface area contributed by atoms with E-state index >= 15 is 0 Å². The third-order valence-electron chi connectivity index (χ3n) is 4.69. The van der Waals surface area contributed by atoms with Gasteiger partial charge < -0.3 is 19.7 Å². The summed E-state index contributed by atoms with van der Waals surface area (Å²) < 4.78 is 42.6. The molecule has 1 N–H and O–H groups in total. The molecule has 0 atom stereocenters. The lowest BCUT2D eigenvalue weighted by molar-refractivity contribution is -0.137. The summed E-state index contributed by atoms with van der Waals surface area (Å²) in [6, 6.07) is 7.72. The van der Waals surface area contributed by atoms with Gasteiger partial charge in [0.25, 0.3) is 0 Å². The number of hydrogen-bond acceptors (Lipinski definition) is 3. The van der Waals surface area contributed by atoms with E-state index in [0.717, 1.165) is 19.2 Å². The van der Waals surface area contributed by atoms with Gasteiger partial charge in [0.05, 0.1) is 5.56 Å². The molecule has 0 spiro atoms. The van der Waals surface area contributed by atoms with Gasteiger partial charge in [0, 0.05) is 62.9 Å². The van der Waals surface area contributed by atoms with Crippen LogP contribution in [0.4, 0.5) is 24.5 Å². The number of nitrogens with zero attached hydrogens (tertiary/aromatic N) is 3. The van der Waals surface area contributed by atoms with Gasteiger partial charge in [-0.3, -0.25) is 4.79 Å². The van der Waals surface area contributed by atoms with Gasteiger partial charge in [0.2, 0.25) is 5.91 Å². The lowest BCUT2D eigenvalue weighted by Crippen LogP contribution is -2.45. The number of nitrogens with one attached hydrogen (secondary N) is 1. The van der Waals surface area contributed by atoms with Crippen LogP contribution in [0.15, 0.2) is 42.7 Å². The fraction of sp³-hybridized carbons (Fsp3) is 0.421. The van der Waals surface area contributed by atoms with Crippen molar-refractivity contribution in [3.63, 3.8) is 0 Å². The van der Waals surface area contributed by atoms with Gasteiger partial charge in [0.15, 0.2) is 0 Å². The Morgan fingerprint density at radius 3 is 2.41 bits per heavy atom. The summed E-state index contributed by atoms with van der Waals surface area (Å²) in [5.41, 5.74) is -0.381. The number of alkyl halides is 3. The zero-order valence-corrected chi connectivity index (χ0v) is 15.2. The number of carbonyl (C=O) groups is 1. The standard InChI is InChI=1S/C19H23F3N4O/c1-24-10-12-26(13-11-24)17-5-4-15(14-16(17)19(20,21)22)23-18(27)6-9-25-7-2-3-8-25/h2-5,7-8,14H,6,9-13H2,1H3,(H,23,27). The first kappa shape index (κ1) is 19.3. The Morgan fingerprint density at radius 2 is 1.78 bits per heavy atom. The van der Waals surface area contributed by atoms with Gasteiger partial charge in [-0.1, -0.05) is 0 Å². The fourth-order valence-electron chi connectivity index (χ4n) is 3.14. The van der Waals surface area contributed by atoms with Crippen molar-refractivity contribution in [1.29, 1.82) is 0 Å². The average molecular weight is 380 g/mol. The van der Waals surface area contributed by atoms with E-state index < -0.39 is 11.7 Å². The molecule has 0 aliphatic carbocycles. The number of halogens is 3. The largest absolute Gasteiger partial charge is 0.418 e. The molecule has 27 heavy (non-hydrogen) atoms. The molecular weight excluding hydrogens is 357 g/mol. The molecule has 0 unspecified atom stereocenters. The highest BCUT2D eigenvalue weighted by Gasteiger charge is 2.35. The predicted molar refractivity (Wildman–Crippen MR) is 98.8 cm³/mol. The van der Waals surface area contributed by atoms with E-state index in [0.29, 0.717) is 19.6 Å². The Bertz CT molecular complexity index is 766. The Morgan fingerprint density at radius 1 is 1.11 bits per heavy atom.